The molecule has 1 aromatic heterocycles. The maximum absolute atomic E-state index is 12.3. The molecule has 2 rings (SSSR count). The second-order valence-electron chi connectivity index (χ2n) is 5.47. The number of aromatic nitrogens is 2. The van der Waals surface area contributed by atoms with E-state index >= 15 is 0 Å². The van der Waals surface area contributed by atoms with E-state index in [2.05, 4.69) is 9.97 Å². The third kappa shape index (κ3) is 5.61. The summed E-state index contributed by atoms with van der Waals surface area (Å²) in [4.78, 5) is 10.1. The van der Waals surface area contributed by atoms with Gasteiger partial charge < -0.3 is 4.90 Å². The van der Waals surface area contributed by atoms with E-state index in [0.29, 0.717) is 44.2 Å². The number of halogens is 3. The van der Waals surface area contributed by atoms with Crippen molar-refractivity contribution in [3.8, 4) is 0 Å². The normalized spacial score (nSPS) is 18.0. The van der Waals surface area contributed by atoms with Crippen LogP contribution in [0.25, 0.3) is 0 Å². The van der Waals surface area contributed by atoms with Crippen LogP contribution in [0, 0.1) is 0 Å². The first-order valence-electron chi connectivity index (χ1n) is 7.24. The van der Waals surface area contributed by atoms with Crippen LogP contribution in [-0.2, 0) is 16.4 Å². The highest BCUT2D eigenvalue weighted by atomic mass is 32.2. The predicted molar refractivity (Wildman–Crippen MR) is 79.7 cm³/mol. The zero-order valence-electron chi connectivity index (χ0n) is 12.8. The minimum absolute atomic E-state index is 0.192. The Hall–Kier alpha value is -1.42. The lowest BCUT2D eigenvalue weighted by Gasteiger charge is -2.21. The second kappa shape index (κ2) is 7.00. The maximum Gasteiger partial charge on any atom is 0.389 e. The molecule has 0 aliphatic carbocycles. The molecule has 1 aromatic rings. The lowest BCUT2D eigenvalue weighted by Crippen LogP contribution is -2.35. The number of sulfonamides is 1. The molecule has 0 radical (unpaired) electrons. The molecule has 0 aromatic carbocycles. The standard InChI is InChI=1S/C13H19F3N4O2S/c1-23(21,22)20-8-2-7-19(9-10-20)12-17-6-4-11(18-12)3-5-13(14,15)16/h4,6H,2-3,5,7-10H2,1H3. The smallest absolute Gasteiger partial charge is 0.339 e. The highest BCUT2D eigenvalue weighted by Crippen LogP contribution is 2.22. The van der Waals surface area contributed by atoms with Crippen LogP contribution < -0.4 is 4.90 Å². The van der Waals surface area contributed by atoms with Crippen LogP contribution >= 0.6 is 0 Å². The Kier molecular flexibility index (Phi) is 5.45. The van der Waals surface area contributed by atoms with Gasteiger partial charge in [0.2, 0.25) is 16.0 Å². The van der Waals surface area contributed by atoms with Crippen molar-refractivity contribution in [2.75, 3.05) is 37.3 Å². The fourth-order valence-corrected chi connectivity index (χ4v) is 3.25. The van der Waals surface area contributed by atoms with E-state index in [-0.39, 0.29) is 6.42 Å². The Morgan fingerprint density at radius 2 is 1.96 bits per heavy atom. The molecule has 130 valence electrons. The first kappa shape index (κ1) is 17.9. The predicted octanol–water partition coefficient (Wildman–Crippen LogP) is 1.44. The first-order valence-corrected chi connectivity index (χ1v) is 9.09. The molecule has 2 heterocycles. The van der Waals surface area contributed by atoms with Gasteiger partial charge >= 0.3 is 6.18 Å². The molecule has 1 saturated heterocycles. The monoisotopic (exact) mass is 352 g/mol. The van der Waals surface area contributed by atoms with Crippen LogP contribution in [-0.4, -0.2) is 61.3 Å². The van der Waals surface area contributed by atoms with Gasteiger partial charge in [0.1, 0.15) is 0 Å². The number of hydrogen-bond acceptors (Lipinski definition) is 5. The van der Waals surface area contributed by atoms with Crippen molar-refractivity contribution in [1.82, 2.24) is 14.3 Å². The van der Waals surface area contributed by atoms with Gasteiger partial charge in [0.15, 0.2) is 0 Å². The third-order valence-electron chi connectivity index (χ3n) is 3.57. The van der Waals surface area contributed by atoms with Gasteiger partial charge in [-0.15, -0.1) is 0 Å². The van der Waals surface area contributed by atoms with E-state index in [1.807, 2.05) is 4.90 Å². The third-order valence-corrected chi connectivity index (χ3v) is 4.88. The second-order valence-corrected chi connectivity index (χ2v) is 7.45. The van der Waals surface area contributed by atoms with Gasteiger partial charge in [-0.05, 0) is 18.9 Å². The number of aryl methyl sites for hydroxylation is 1. The fraction of sp³-hybridized carbons (Fsp3) is 0.692. The van der Waals surface area contributed by atoms with E-state index < -0.39 is 22.6 Å². The Labute approximate surface area is 133 Å². The average molecular weight is 352 g/mol. The van der Waals surface area contributed by atoms with Gasteiger partial charge in [0, 0.05) is 44.5 Å². The SMILES string of the molecule is CS(=O)(=O)N1CCCN(c2nccc(CCC(F)(F)F)n2)CC1. The van der Waals surface area contributed by atoms with E-state index in [0.717, 1.165) is 6.26 Å². The van der Waals surface area contributed by atoms with Crippen molar-refractivity contribution in [1.29, 1.82) is 0 Å². The van der Waals surface area contributed by atoms with E-state index in [1.165, 1.54) is 16.6 Å². The van der Waals surface area contributed by atoms with Crippen LogP contribution in [0.5, 0.6) is 0 Å². The maximum atomic E-state index is 12.3. The van der Waals surface area contributed by atoms with E-state index in [1.54, 1.807) is 0 Å². The van der Waals surface area contributed by atoms with Crippen molar-refractivity contribution in [2.24, 2.45) is 0 Å². The molecule has 0 atom stereocenters. The van der Waals surface area contributed by atoms with Gasteiger partial charge in [-0.2, -0.15) is 13.2 Å². The molecule has 10 heteroatoms. The minimum atomic E-state index is -4.22. The summed E-state index contributed by atoms with van der Waals surface area (Å²) in [7, 11) is -3.25. The number of hydrogen-bond donors (Lipinski definition) is 0. The molecule has 0 spiro atoms. The first-order chi connectivity index (χ1) is 10.6. The van der Waals surface area contributed by atoms with Gasteiger partial charge in [0.05, 0.1) is 6.26 Å². The van der Waals surface area contributed by atoms with Crippen LogP contribution in [0.2, 0.25) is 0 Å². The molecular weight excluding hydrogens is 333 g/mol. The minimum Gasteiger partial charge on any atom is -0.339 e. The summed E-state index contributed by atoms with van der Waals surface area (Å²) in [5, 5.41) is 0. The Balaban J connectivity index is 2.04. The van der Waals surface area contributed by atoms with E-state index in [4.69, 9.17) is 0 Å². The summed E-state index contributed by atoms with van der Waals surface area (Å²) in [5.41, 5.74) is 0.330. The summed E-state index contributed by atoms with van der Waals surface area (Å²) >= 11 is 0. The molecule has 0 amide bonds. The van der Waals surface area contributed by atoms with Gasteiger partial charge in [-0.25, -0.2) is 22.7 Å². The van der Waals surface area contributed by atoms with Gasteiger partial charge in [0.25, 0.3) is 0 Å². The average Bonchev–Trinajstić information content (AvgIpc) is 2.70. The zero-order chi connectivity index (χ0) is 17.1. The van der Waals surface area contributed by atoms with Crippen molar-refractivity contribution in [2.45, 2.75) is 25.4 Å². The Morgan fingerprint density at radius 1 is 1.22 bits per heavy atom. The molecule has 0 unspecified atom stereocenters. The molecule has 0 N–H and O–H groups in total. The van der Waals surface area contributed by atoms with Crippen molar-refractivity contribution in [3.05, 3.63) is 18.0 Å². The molecule has 6 nitrogen and oxygen atoms in total. The number of alkyl halides is 3. The summed E-state index contributed by atoms with van der Waals surface area (Å²) in [6, 6.07) is 1.47. The molecule has 1 fully saturated rings. The molecule has 1 aliphatic heterocycles. The van der Waals surface area contributed by atoms with Crippen molar-refractivity contribution >= 4 is 16.0 Å². The largest absolute Gasteiger partial charge is 0.389 e. The topological polar surface area (TPSA) is 66.4 Å². The van der Waals surface area contributed by atoms with Crippen LogP contribution in [0.1, 0.15) is 18.5 Å². The highest BCUT2D eigenvalue weighted by molar-refractivity contribution is 7.88. The lowest BCUT2D eigenvalue weighted by molar-refractivity contribution is -0.134. The van der Waals surface area contributed by atoms with Crippen molar-refractivity contribution in [3.63, 3.8) is 0 Å². The number of nitrogens with zero attached hydrogens (tertiary/aromatic N) is 4. The molecule has 0 saturated carbocycles. The van der Waals surface area contributed by atoms with Crippen LogP contribution in [0.4, 0.5) is 19.1 Å². The van der Waals surface area contributed by atoms with Crippen molar-refractivity contribution < 1.29 is 21.6 Å². The summed E-state index contributed by atoms with van der Waals surface area (Å²) < 4.78 is 61.4. The summed E-state index contributed by atoms with van der Waals surface area (Å²) in [6.07, 6.45) is -2.12. The van der Waals surface area contributed by atoms with E-state index in [9.17, 15) is 21.6 Å². The van der Waals surface area contributed by atoms with Gasteiger partial charge in [-0.1, -0.05) is 0 Å². The Bertz CT molecular complexity index is 636. The van der Waals surface area contributed by atoms with Crippen LogP contribution in [0.3, 0.4) is 0 Å². The number of anilines is 1. The highest BCUT2D eigenvalue weighted by Gasteiger charge is 2.27. The molecular formula is C13H19F3N4O2S. The summed E-state index contributed by atoms with van der Waals surface area (Å²) in [5.74, 6) is 0.347. The molecule has 0 bridgehead atoms. The quantitative estimate of drug-likeness (QED) is 0.820. The number of rotatable bonds is 4. The molecule has 23 heavy (non-hydrogen) atoms. The Morgan fingerprint density at radius 3 is 2.61 bits per heavy atom. The zero-order valence-corrected chi connectivity index (χ0v) is 13.6. The fourth-order valence-electron chi connectivity index (χ4n) is 2.37. The molecule has 1 aliphatic rings. The summed E-state index contributed by atoms with van der Waals surface area (Å²) in [6.45, 7) is 1.71. The lowest BCUT2D eigenvalue weighted by atomic mass is 10.2. The van der Waals surface area contributed by atoms with Crippen LogP contribution in [0.15, 0.2) is 12.3 Å². The van der Waals surface area contributed by atoms with Gasteiger partial charge in [-0.3, -0.25) is 0 Å².